The minimum atomic E-state index is 0.612. The van der Waals surface area contributed by atoms with Crippen molar-refractivity contribution >= 4 is 5.96 Å². The summed E-state index contributed by atoms with van der Waals surface area (Å²) in [4.78, 5) is 9.43. The maximum atomic E-state index is 5.47. The molecule has 0 amide bonds. The number of hydrogen-bond acceptors (Lipinski definition) is 4. The summed E-state index contributed by atoms with van der Waals surface area (Å²) in [6.45, 7) is 8.77. The van der Waals surface area contributed by atoms with Crippen LogP contribution in [0.5, 0.6) is 11.5 Å². The van der Waals surface area contributed by atoms with Crippen molar-refractivity contribution in [3.8, 4) is 11.5 Å². The molecule has 0 spiro atoms. The highest BCUT2D eigenvalue weighted by molar-refractivity contribution is 5.80. The Kier molecular flexibility index (Phi) is 6.83. The maximum absolute atomic E-state index is 5.47. The van der Waals surface area contributed by atoms with Crippen LogP contribution in [0.2, 0.25) is 0 Å². The Hall–Kier alpha value is -1.95. The second-order valence-electron chi connectivity index (χ2n) is 7.69. The van der Waals surface area contributed by atoms with Gasteiger partial charge in [0.05, 0.1) is 14.2 Å². The third-order valence-electron chi connectivity index (χ3n) is 5.61. The number of fused-ring (bicyclic) bond motifs is 1. The lowest BCUT2D eigenvalue weighted by Gasteiger charge is -2.33. The number of rotatable bonds is 6. The fourth-order valence-electron chi connectivity index (χ4n) is 4.13. The second kappa shape index (κ2) is 9.31. The van der Waals surface area contributed by atoms with Gasteiger partial charge in [0, 0.05) is 33.2 Å². The zero-order chi connectivity index (χ0) is 19.2. The van der Waals surface area contributed by atoms with Crippen LogP contribution >= 0.6 is 0 Å². The van der Waals surface area contributed by atoms with E-state index in [1.807, 2.05) is 7.05 Å². The molecule has 0 saturated carbocycles. The first kappa shape index (κ1) is 19.8. The summed E-state index contributed by atoms with van der Waals surface area (Å²) in [5.41, 5.74) is 2.62. The van der Waals surface area contributed by atoms with Gasteiger partial charge in [-0.25, -0.2) is 0 Å². The van der Waals surface area contributed by atoms with Crippen LogP contribution in [-0.4, -0.2) is 69.8 Å². The molecule has 1 saturated heterocycles. The molecular formula is C21H34N4O2. The van der Waals surface area contributed by atoms with E-state index >= 15 is 0 Å². The van der Waals surface area contributed by atoms with Crippen molar-refractivity contribution in [2.24, 2.45) is 10.9 Å². The first-order valence-electron chi connectivity index (χ1n) is 10.1. The van der Waals surface area contributed by atoms with Gasteiger partial charge in [-0.2, -0.15) is 0 Å². The highest BCUT2D eigenvalue weighted by Crippen LogP contribution is 2.33. The third-order valence-corrected chi connectivity index (χ3v) is 5.61. The summed E-state index contributed by atoms with van der Waals surface area (Å²) in [7, 11) is 5.25. The van der Waals surface area contributed by atoms with Gasteiger partial charge < -0.3 is 24.6 Å². The molecule has 1 unspecified atom stereocenters. The Bertz CT molecular complexity index is 656. The molecule has 0 bridgehead atoms. The molecule has 1 aromatic carbocycles. The quantitative estimate of drug-likeness (QED) is 0.612. The summed E-state index contributed by atoms with van der Waals surface area (Å²) < 4.78 is 10.9. The van der Waals surface area contributed by atoms with Gasteiger partial charge in [0.25, 0.3) is 0 Å². The number of methoxy groups -OCH3 is 2. The summed E-state index contributed by atoms with van der Waals surface area (Å²) >= 11 is 0. The van der Waals surface area contributed by atoms with Gasteiger partial charge in [0.2, 0.25) is 0 Å². The lowest BCUT2D eigenvalue weighted by molar-refractivity contribution is 0.284. The van der Waals surface area contributed by atoms with Crippen LogP contribution in [0.15, 0.2) is 17.1 Å². The maximum Gasteiger partial charge on any atom is 0.193 e. The van der Waals surface area contributed by atoms with Crippen LogP contribution in [-0.2, 0) is 13.0 Å². The second-order valence-corrected chi connectivity index (χ2v) is 7.69. The highest BCUT2D eigenvalue weighted by Gasteiger charge is 2.22. The molecule has 27 heavy (non-hydrogen) atoms. The zero-order valence-corrected chi connectivity index (χ0v) is 17.3. The van der Waals surface area contributed by atoms with E-state index in [4.69, 9.17) is 9.47 Å². The summed E-state index contributed by atoms with van der Waals surface area (Å²) in [6.07, 6.45) is 3.69. The van der Waals surface area contributed by atoms with E-state index in [1.165, 1.54) is 43.6 Å². The number of ether oxygens (including phenoxy) is 2. The van der Waals surface area contributed by atoms with Crippen LogP contribution in [0.1, 0.15) is 30.9 Å². The average molecular weight is 375 g/mol. The van der Waals surface area contributed by atoms with Gasteiger partial charge in [-0.1, -0.05) is 6.92 Å². The van der Waals surface area contributed by atoms with E-state index in [1.54, 1.807) is 14.2 Å². The molecule has 1 aromatic rings. The SMILES string of the molecule is CN=C(NCC(C)CN1CCCC1)N1CCc2cc(OC)c(OC)cc2C1. The van der Waals surface area contributed by atoms with Gasteiger partial charge in [0.1, 0.15) is 0 Å². The van der Waals surface area contributed by atoms with Crippen molar-refractivity contribution in [1.82, 2.24) is 15.1 Å². The molecule has 6 nitrogen and oxygen atoms in total. The molecule has 2 heterocycles. The first-order chi connectivity index (χ1) is 13.1. The number of guanidine groups is 1. The monoisotopic (exact) mass is 374 g/mol. The van der Waals surface area contributed by atoms with Gasteiger partial charge in [-0.05, 0) is 61.5 Å². The Labute approximate surface area is 163 Å². The lowest BCUT2D eigenvalue weighted by Crippen LogP contribution is -2.46. The largest absolute Gasteiger partial charge is 0.493 e. The molecule has 1 N–H and O–H groups in total. The smallest absolute Gasteiger partial charge is 0.193 e. The molecule has 1 atom stereocenters. The van der Waals surface area contributed by atoms with Gasteiger partial charge >= 0.3 is 0 Å². The molecule has 0 aromatic heterocycles. The fourth-order valence-corrected chi connectivity index (χ4v) is 4.13. The van der Waals surface area contributed by atoms with Crippen LogP contribution < -0.4 is 14.8 Å². The van der Waals surface area contributed by atoms with E-state index in [0.29, 0.717) is 5.92 Å². The summed E-state index contributed by atoms with van der Waals surface area (Å²) in [5, 5.41) is 3.59. The number of benzene rings is 1. The van der Waals surface area contributed by atoms with E-state index in [0.717, 1.165) is 43.5 Å². The van der Waals surface area contributed by atoms with Crippen LogP contribution in [0.4, 0.5) is 0 Å². The molecular weight excluding hydrogens is 340 g/mol. The predicted octanol–water partition coefficient (Wildman–Crippen LogP) is 2.37. The summed E-state index contributed by atoms with van der Waals surface area (Å²) in [6, 6.07) is 4.21. The number of nitrogens with one attached hydrogen (secondary N) is 1. The van der Waals surface area contributed by atoms with Crippen molar-refractivity contribution in [2.75, 3.05) is 54.0 Å². The predicted molar refractivity (Wildman–Crippen MR) is 110 cm³/mol. The number of likely N-dealkylation sites (tertiary alicyclic amines) is 1. The average Bonchev–Trinajstić information content (AvgIpc) is 3.20. The van der Waals surface area contributed by atoms with Gasteiger partial charge in [-0.15, -0.1) is 0 Å². The van der Waals surface area contributed by atoms with Crippen LogP contribution in [0.25, 0.3) is 0 Å². The number of nitrogens with zero attached hydrogens (tertiary/aromatic N) is 3. The van der Waals surface area contributed by atoms with E-state index in [2.05, 4.69) is 39.2 Å². The Balaban J connectivity index is 1.58. The number of hydrogen-bond donors (Lipinski definition) is 1. The molecule has 2 aliphatic heterocycles. The first-order valence-corrected chi connectivity index (χ1v) is 10.1. The van der Waals surface area contributed by atoms with E-state index in [-0.39, 0.29) is 0 Å². The molecule has 2 aliphatic rings. The Morgan fingerprint density at radius 3 is 2.41 bits per heavy atom. The highest BCUT2D eigenvalue weighted by atomic mass is 16.5. The van der Waals surface area contributed by atoms with Crippen LogP contribution in [0.3, 0.4) is 0 Å². The van der Waals surface area contributed by atoms with Crippen molar-refractivity contribution in [2.45, 2.75) is 32.7 Å². The molecule has 0 radical (unpaired) electrons. The third kappa shape index (κ3) is 4.86. The van der Waals surface area contributed by atoms with Crippen molar-refractivity contribution in [1.29, 1.82) is 0 Å². The summed E-state index contributed by atoms with van der Waals surface area (Å²) in [5.74, 6) is 3.20. The topological polar surface area (TPSA) is 49.3 Å². The minimum absolute atomic E-state index is 0.612. The van der Waals surface area contributed by atoms with Crippen molar-refractivity contribution < 1.29 is 9.47 Å². The molecule has 0 aliphatic carbocycles. The standard InChI is InChI=1S/C21H34N4O2/c1-16(14-24-8-5-6-9-24)13-23-21(22-2)25-10-7-17-11-19(26-3)20(27-4)12-18(17)15-25/h11-12,16H,5-10,13-15H2,1-4H3,(H,22,23). The van der Waals surface area contributed by atoms with E-state index < -0.39 is 0 Å². The van der Waals surface area contributed by atoms with Crippen molar-refractivity contribution in [3.05, 3.63) is 23.3 Å². The van der Waals surface area contributed by atoms with Crippen LogP contribution in [0, 0.1) is 5.92 Å². The Morgan fingerprint density at radius 2 is 1.78 bits per heavy atom. The number of aliphatic imine (C=N–C) groups is 1. The van der Waals surface area contributed by atoms with Gasteiger partial charge in [-0.3, -0.25) is 4.99 Å². The van der Waals surface area contributed by atoms with Crippen molar-refractivity contribution in [3.63, 3.8) is 0 Å². The molecule has 150 valence electrons. The lowest BCUT2D eigenvalue weighted by atomic mass is 9.99. The molecule has 1 fully saturated rings. The normalized spacial score (nSPS) is 19.0. The zero-order valence-electron chi connectivity index (χ0n) is 17.3. The van der Waals surface area contributed by atoms with Gasteiger partial charge in [0.15, 0.2) is 17.5 Å². The Morgan fingerprint density at radius 1 is 1.11 bits per heavy atom. The molecule has 3 rings (SSSR count). The van der Waals surface area contributed by atoms with E-state index in [9.17, 15) is 0 Å². The minimum Gasteiger partial charge on any atom is -0.493 e. The fraction of sp³-hybridized carbons (Fsp3) is 0.667. The molecule has 6 heteroatoms.